The number of nitrogens with zero attached hydrogens (tertiary/aromatic N) is 2. The average molecular weight is 434 g/mol. The van der Waals surface area contributed by atoms with Crippen molar-refractivity contribution in [3.63, 3.8) is 0 Å². The van der Waals surface area contributed by atoms with Crippen molar-refractivity contribution in [1.29, 1.82) is 0 Å². The van der Waals surface area contributed by atoms with Crippen molar-refractivity contribution in [1.82, 2.24) is 9.97 Å². The summed E-state index contributed by atoms with van der Waals surface area (Å²) in [5, 5.41) is 4.04. The molecule has 3 N–H and O–H groups in total. The van der Waals surface area contributed by atoms with Crippen LogP contribution in [0.1, 0.15) is 27.2 Å². The number of hydrogen-bond donors (Lipinski definition) is 2. The molecule has 0 aliphatic rings. The van der Waals surface area contributed by atoms with Gasteiger partial charge in [-0.1, -0.05) is 36.4 Å². The van der Waals surface area contributed by atoms with Crippen molar-refractivity contribution in [2.24, 2.45) is 0 Å². The molecule has 0 aliphatic heterocycles. The van der Waals surface area contributed by atoms with Crippen molar-refractivity contribution in [3.8, 4) is 0 Å². The Balaban J connectivity index is 1.59. The van der Waals surface area contributed by atoms with E-state index in [4.69, 9.17) is 5.73 Å². The molecule has 32 heavy (non-hydrogen) atoms. The van der Waals surface area contributed by atoms with E-state index in [1.54, 1.807) is 30.3 Å². The first-order chi connectivity index (χ1) is 15.3. The summed E-state index contributed by atoms with van der Waals surface area (Å²) < 4.78 is 38.8. The Morgan fingerprint density at radius 2 is 1.75 bits per heavy atom. The first kappa shape index (κ1) is 21.0. The third kappa shape index (κ3) is 4.75. The molecule has 0 saturated heterocycles. The molecule has 1 heterocycles. The second kappa shape index (κ2) is 8.50. The van der Waals surface area contributed by atoms with E-state index in [0.29, 0.717) is 22.5 Å². The quantitative estimate of drug-likeness (QED) is 0.435. The fourth-order valence-corrected chi connectivity index (χ4v) is 3.24. The Kier molecular flexibility index (Phi) is 5.59. The maximum atomic E-state index is 12.9. The maximum absolute atomic E-state index is 12.9. The second-order valence-electron chi connectivity index (χ2n) is 7.02. The van der Waals surface area contributed by atoms with E-state index in [0.717, 1.165) is 23.1 Å². The van der Waals surface area contributed by atoms with Crippen molar-refractivity contribution in [3.05, 3.63) is 95.4 Å². The van der Waals surface area contributed by atoms with Crippen LogP contribution in [0.25, 0.3) is 22.9 Å². The van der Waals surface area contributed by atoms with Crippen LogP contribution < -0.4 is 11.1 Å². The molecule has 4 rings (SSSR count). The van der Waals surface area contributed by atoms with Gasteiger partial charge in [0, 0.05) is 17.3 Å². The van der Waals surface area contributed by atoms with Gasteiger partial charge in [0.15, 0.2) is 0 Å². The molecule has 4 aromatic rings. The van der Waals surface area contributed by atoms with Crippen LogP contribution in [0, 0.1) is 0 Å². The summed E-state index contributed by atoms with van der Waals surface area (Å²) in [6.07, 6.45) is 0.548. The van der Waals surface area contributed by atoms with Crippen molar-refractivity contribution in [2.75, 3.05) is 11.1 Å². The van der Waals surface area contributed by atoms with Crippen molar-refractivity contribution < 1.29 is 18.0 Å². The molecule has 1 aromatic heterocycles. The number of nitrogens with one attached hydrogen (secondary N) is 1. The van der Waals surface area contributed by atoms with Crippen LogP contribution in [0.4, 0.5) is 24.7 Å². The van der Waals surface area contributed by atoms with Gasteiger partial charge in [-0.3, -0.25) is 4.79 Å². The minimum atomic E-state index is -4.48. The maximum Gasteiger partial charge on any atom is 0.416 e. The number of anilines is 2. The molecule has 0 fully saturated rings. The molecule has 1 amide bonds. The van der Waals surface area contributed by atoms with Crippen LogP contribution in [-0.4, -0.2) is 15.9 Å². The number of fused-ring (bicyclic) bond motifs is 1. The van der Waals surface area contributed by atoms with E-state index in [1.807, 2.05) is 24.3 Å². The summed E-state index contributed by atoms with van der Waals surface area (Å²) in [5.74, 6) is -0.121. The van der Waals surface area contributed by atoms with E-state index >= 15 is 0 Å². The Labute approximate surface area is 181 Å². The molecule has 0 aliphatic carbocycles. The third-order valence-electron chi connectivity index (χ3n) is 4.75. The first-order valence-electron chi connectivity index (χ1n) is 9.56. The SMILES string of the molecule is Nc1cc(/C=C\c2ccc3c(C(=O)Nc4cccc(C(F)(F)F)c4)cccc3c2)ncn1. The highest BCUT2D eigenvalue weighted by Crippen LogP contribution is 2.31. The smallest absolute Gasteiger partial charge is 0.384 e. The number of carbonyl (C=O) groups is 1. The second-order valence-corrected chi connectivity index (χ2v) is 7.02. The molecule has 3 aromatic carbocycles. The minimum absolute atomic E-state index is 0.0745. The van der Waals surface area contributed by atoms with Gasteiger partial charge in [-0.2, -0.15) is 13.2 Å². The highest BCUT2D eigenvalue weighted by atomic mass is 19.4. The molecule has 0 spiro atoms. The van der Waals surface area contributed by atoms with Gasteiger partial charge in [-0.15, -0.1) is 0 Å². The summed E-state index contributed by atoms with van der Waals surface area (Å²) in [6, 6.07) is 16.9. The number of rotatable bonds is 4. The summed E-state index contributed by atoms with van der Waals surface area (Å²) in [5.41, 5.74) is 6.80. The molecule has 8 heteroatoms. The Bertz CT molecular complexity index is 1330. The average Bonchev–Trinajstić information content (AvgIpc) is 2.77. The molecular formula is C24H17F3N4O. The van der Waals surface area contributed by atoms with Crippen LogP contribution in [0.3, 0.4) is 0 Å². The fourth-order valence-electron chi connectivity index (χ4n) is 3.24. The third-order valence-corrected chi connectivity index (χ3v) is 4.75. The zero-order valence-electron chi connectivity index (χ0n) is 16.6. The Hall–Kier alpha value is -4.20. The monoisotopic (exact) mass is 434 g/mol. The first-order valence-corrected chi connectivity index (χ1v) is 9.56. The number of benzene rings is 3. The topological polar surface area (TPSA) is 80.9 Å². The number of hydrogen-bond acceptors (Lipinski definition) is 4. The van der Waals surface area contributed by atoms with Gasteiger partial charge >= 0.3 is 6.18 Å². The van der Waals surface area contributed by atoms with Crippen LogP contribution in [-0.2, 0) is 6.18 Å². The summed E-state index contributed by atoms with van der Waals surface area (Å²) in [4.78, 5) is 20.7. The van der Waals surface area contributed by atoms with Gasteiger partial charge < -0.3 is 11.1 Å². The van der Waals surface area contributed by atoms with E-state index in [1.165, 1.54) is 18.5 Å². The number of nitrogen functional groups attached to an aromatic ring is 1. The van der Waals surface area contributed by atoms with Crippen LogP contribution in [0.2, 0.25) is 0 Å². The lowest BCUT2D eigenvalue weighted by atomic mass is 10.0. The normalized spacial score (nSPS) is 11.7. The molecule has 0 saturated carbocycles. The summed E-state index contributed by atoms with van der Waals surface area (Å²) >= 11 is 0. The lowest BCUT2D eigenvalue weighted by Gasteiger charge is -2.11. The number of amides is 1. The standard InChI is InChI=1S/C24H17F3N4O/c25-24(26,27)17-4-2-5-19(12-17)31-23(32)21-6-1-3-16-11-15(8-10-20(16)21)7-9-18-13-22(28)30-14-29-18/h1-14H,(H,31,32)(H2,28,29,30)/b9-7-. The lowest BCUT2D eigenvalue weighted by molar-refractivity contribution is -0.137. The predicted molar refractivity (Wildman–Crippen MR) is 119 cm³/mol. The highest BCUT2D eigenvalue weighted by Gasteiger charge is 2.30. The zero-order valence-corrected chi connectivity index (χ0v) is 16.6. The highest BCUT2D eigenvalue weighted by molar-refractivity contribution is 6.13. The fraction of sp³-hybridized carbons (Fsp3) is 0.0417. The van der Waals surface area contributed by atoms with Crippen molar-refractivity contribution in [2.45, 2.75) is 6.18 Å². The van der Waals surface area contributed by atoms with E-state index in [2.05, 4.69) is 15.3 Å². The summed E-state index contributed by atoms with van der Waals surface area (Å²) in [6.45, 7) is 0. The van der Waals surface area contributed by atoms with Gasteiger partial charge in [0.1, 0.15) is 12.1 Å². The van der Waals surface area contributed by atoms with Crippen LogP contribution in [0.15, 0.2) is 73.1 Å². The van der Waals surface area contributed by atoms with E-state index in [-0.39, 0.29) is 5.69 Å². The minimum Gasteiger partial charge on any atom is -0.384 e. The predicted octanol–water partition coefficient (Wildman–Crippen LogP) is 5.65. The van der Waals surface area contributed by atoms with Gasteiger partial charge in [0.05, 0.1) is 11.3 Å². The van der Waals surface area contributed by atoms with E-state index < -0.39 is 17.6 Å². The van der Waals surface area contributed by atoms with Crippen LogP contribution in [0.5, 0.6) is 0 Å². The lowest BCUT2D eigenvalue weighted by Crippen LogP contribution is -2.13. The molecule has 0 radical (unpaired) electrons. The number of carbonyl (C=O) groups excluding carboxylic acids is 1. The van der Waals surface area contributed by atoms with Crippen molar-refractivity contribution >= 4 is 40.3 Å². The molecule has 0 atom stereocenters. The number of nitrogens with two attached hydrogens (primary N) is 1. The van der Waals surface area contributed by atoms with Crippen LogP contribution >= 0.6 is 0 Å². The number of aromatic nitrogens is 2. The number of halogens is 3. The van der Waals surface area contributed by atoms with Gasteiger partial charge in [-0.05, 0) is 52.7 Å². The molecule has 0 bridgehead atoms. The molecule has 160 valence electrons. The molecule has 5 nitrogen and oxygen atoms in total. The molecule has 0 unspecified atom stereocenters. The Morgan fingerprint density at radius 3 is 2.53 bits per heavy atom. The largest absolute Gasteiger partial charge is 0.416 e. The van der Waals surface area contributed by atoms with Gasteiger partial charge in [0.2, 0.25) is 0 Å². The van der Waals surface area contributed by atoms with Gasteiger partial charge in [-0.25, -0.2) is 9.97 Å². The molecular weight excluding hydrogens is 417 g/mol. The van der Waals surface area contributed by atoms with Gasteiger partial charge in [0.25, 0.3) is 5.91 Å². The summed E-state index contributed by atoms with van der Waals surface area (Å²) in [7, 11) is 0. The zero-order chi connectivity index (χ0) is 22.7. The number of alkyl halides is 3. The van der Waals surface area contributed by atoms with E-state index in [9.17, 15) is 18.0 Å². The Morgan fingerprint density at radius 1 is 0.938 bits per heavy atom.